The zero-order valence-corrected chi connectivity index (χ0v) is 18.1. The molecule has 0 N–H and O–H groups in total. The second-order valence-electron chi connectivity index (χ2n) is 8.16. The molecule has 2 aliphatic rings. The van der Waals surface area contributed by atoms with E-state index in [4.69, 9.17) is 9.47 Å². The van der Waals surface area contributed by atoms with Crippen LogP contribution in [0.1, 0.15) is 41.3 Å². The van der Waals surface area contributed by atoms with Crippen LogP contribution in [0, 0.1) is 5.82 Å². The Kier molecular flexibility index (Phi) is 5.18. The van der Waals surface area contributed by atoms with Gasteiger partial charge in [-0.05, 0) is 42.9 Å². The molecule has 0 amide bonds. The Morgan fingerprint density at radius 3 is 2.74 bits per heavy atom. The maximum Gasteiger partial charge on any atom is 0.194 e. The summed E-state index contributed by atoms with van der Waals surface area (Å²) in [6.07, 6.45) is 7.68. The van der Waals surface area contributed by atoms with Crippen molar-refractivity contribution in [3.8, 4) is 5.75 Å². The normalized spacial score (nSPS) is 17.1. The van der Waals surface area contributed by atoms with Gasteiger partial charge in [-0.25, -0.2) is 22.8 Å². The summed E-state index contributed by atoms with van der Waals surface area (Å²) in [7, 11) is -3.51. The number of aromatic nitrogens is 3. The van der Waals surface area contributed by atoms with Crippen molar-refractivity contribution in [3.05, 3.63) is 53.0 Å². The maximum absolute atomic E-state index is 14.5. The third kappa shape index (κ3) is 3.70. The van der Waals surface area contributed by atoms with Gasteiger partial charge in [-0.2, -0.15) is 0 Å². The van der Waals surface area contributed by atoms with Crippen LogP contribution in [0.15, 0.2) is 29.7 Å². The van der Waals surface area contributed by atoms with E-state index in [0.29, 0.717) is 56.0 Å². The summed E-state index contributed by atoms with van der Waals surface area (Å²) in [5, 5.41) is 0.0674. The minimum absolute atomic E-state index is 0.0674. The number of imidazole rings is 1. The number of ether oxygens (including phenoxy) is 2. The van der Waals surface area contributed by atoms with Gasteiger partial charge in [-0.3, -0.25) is 4.40 Å². The van der Waals surface area contributed by atoms with Gasteiger partial charge < -0.3 is 9.47 Å². The van der Waals surface area contributed by atoms with E-state index >= 15 is 0 Å². The summed E-state index contributed by atoms with van der Waals surface area (Å²) in [5.74, 6) is 1.32. The number of aryl methyl sites for hydroxylation is 1. The molecule has 31 heavy (non-hydrogen) atoms. The smallest absolute Gasteiger partial charge is 0.194 e. The SMILES string of the molecule is CS(=O)(=O)c1ncn2c(CCc3c(F)ccc4c3CCO4)ncc(C3CCOCC3)c12. The molecule has 0 saturated carbocycles. The van der Waals surface area contributed by atoms with E-state index in [0.717, 1.165) is 29.7 Å². The minimum atomic E-state index is -3.51. The molecule has 0 aliphatic carbocycles. The third-order valence-electron chi connectivity index (χ3n) is 6.19. The highest BCUT2D eigenvalue weighted by Gasteiger charge is 2.26. The molecule has 0 bridgehead atoms. The number of benzene rings is 1. The van der Waals surface area contributed by atoms with Crippen molar-refractivity contribution >= 4 is 15.4 Å². The molecule has 3 aromatic rings. The lowest BCUT2D eigenvalue weighted by Gasteiger charge is -2.23. The first-order chi connectivity index (χ1) is 14.9. The van der Waals surface area contributed by atoms with Crippen LogP contribution in [0.5, 0.6) is 5.75 Å². The number of fused-ring (bicyclic) bond motifs is 2. The van der Waals surface area contributed by atoms with E-state index in [1.165, 1.54) is 18.6 Å². The summed E-state index contributed by atoms with van der Waals surface area (Å²) in [4.78, 5) is 8.87. The van der Waals surface area contributed by atoms with Crippen LogP contribution in [0.3, 0.4) is 0 Å². The monoisotopic (exact) mass is 445 g/mol. The van der Waals surface area contributed by atoms with Gasteiger partial charge in [0.15, 0.2) is 14.9 Å². The second kappa shape index (κ2) is 7.87. The van der Waals surface area contributed by atoms with Crippen LogP contribution < -0.4 is 4.74 Å². The van der Waals surface area contributed by atoms with Crippen LogP contribution in [-0.2, 0) is 33.8 Å². The van der Waals surface area contributed by atoms with Crippen LogP contribution in [0.4, 0.5) is 4.39 Å². The van der Waals surface area contributed by atoms with E-state index in [-0.39, 0.29) is 16.8 Å². The van der Waals surface area contributed by atoms with Crippen LogP contribution in [-0.4, -0.2) is 48.9 Å². The Bertz CT molecular complexity index is 1250. The summed E-state index contributed by atoms with van der Waals surface area (Å²) in [5.41, 5.74) is 3.02. The van der Waals surface area contributed by atoms with Gasteiger partial charge in [0.2, 0.25) is 0 Å². The molecule has 2 aliphatic heterocycles. The van der Waals surface area contributed by atoms with Crippen LogP contribution in [0.2, 0.25) is 0 Å². The first-order valence-corrected chi connectivity index (χ1v) is 12.4. The van der Waals surface area contributed by atoms with Crippen molar-refractivity contribution in [2.45, 2.75) is 43.0 Å². The summed E-state index contributed by atoms with van der Waals surface area (Å²) in [6.45, 7) is 1.84. The predicted octanol–water partition coefficient (Wildman–Crippen LogP) is 2.89. The molecule has 164 valence electrons. The van der Waals surface area contributed by atoms with E-state index < -0.39 is 9.84 Å². The molecule has 5 rings (SSSR count). The third-order valence-corrected chi connectivity index (χ3v) is 7.19. The van der Waals surface area contributed by atoms with Crippen molar-refractivity contribution in [2.24, 2.45) is 0 Å². The lowest BCUT2D eigenvalue weighted by atomic mass is 9.92. The Balaban J connectivity index is 1.55. The number of rotatable bonds is 5. The quantitative estimate of drug-likeness (QED) is 0.601. The largest absolute Gasteiger partial charge is 0.493 e. The molecule has 4 heterocycles. The molecular formula is C22H24FN3O4S. The van der Waals surface area contributed by atoms with E-state index in [9.17, 15) is 12.8 Å². The molecule has 0 unspecified atom stereocenters. The van der Waals surface area contributed by atoms with Crippen molar-refractivity contribution in [3.63, 3.8) is 0 Å². The topological polar surface area (TPSA) is 82.8 Å². The van der Waals surface area contributed by atoms with Gasteiger partial charge in [0, 0.05) is 49.6 Å². The van der Waals surface area contributed by atoms with Gasteiger partial charge in [0.05, 0.1) is 12.1 Å². The zero-order valence-electron chi connectivity index (χ0n) is 17.3. The highest BCUT2D eigenvalue weighted by atomic mass is 32.2. The maximum atomic E-state index is 14.5. The van der Waals surface area contributed by atoms with Gasteiger partial charge in [-0.1, -0.05) is 0 Å². The van der Waals surface area contributed by atoms with Gasteiger partial charge in [-0.15, -0.1) is 0 Å². The molecule has 0 radical (unpaired) electrons. The molecule has 1 aromatic carbocycles. The van der Waals surface area contributed by atoms with E-state index in [1.807, 2.05) is 0 Å². The standard InChI is InChI=1S/C22H24FN3O4S/c1-31(27,28)22-21-17(14-6-9-29-10-7-14)12-24-20(26(21)13-25-22)5-2-15-16-8-11-30-19(16)4-3-18(15)23/h3-4,12-14H,2,5-11H2,1H3. The molecule has 1 fully saturated rings. The summed E-state index contributed by atoms with van der Waals surface area (Å²) in [6, 6.07) is 3.12. The average molecular weight is 446 g/mol. The Hall–Kier alpha value is -2.52. The lowest BCUT2D eigenvalue weighted by molar-refractivity contribution is 0.0854. The molecule has 9 heteroatoms. The van der Waals surface area contributed by atoms with Crippen molar-refractivity contribution < 1.29 is 22.3 Å². The molecular weight excluding hydrogens is 421 g/mol. The van der Waals surface area contributed by atoms with Crippen molar-refractivity contribution in [1.29, 1.82) is 0 Å². The minimum Gasteiger partial charge on any atom is -0.493 e. The summed E-state index contributed by atoms with van der Waals surface area (Å²) < 4.78 is 52.2. The predicted molar refractivity (Wildman–Crippen MR) is 112 cm³/mol. The number of nitrogens with zero attached hydrogens (tertiary/aromatic N) is 3. The fourth-order valence-electron chi connectivity index (χ4n) is 4.64. The molecule has 0 atom stereocenters. The van der Waals surface area contributed by atoms with E-state index in [2.05, 4.69) is 9.97 Å². The second-order valence-corrected chi connectivity index (χ2v) is 10.1. The zero-order chi connectivity index (χ0) is 21.6. The van der Waals surface area contributed by atoms with E-state index in [1.54, 1.807) is 16.7 Å². The highest BCUT2D eigenvalue weighted by molar-refractivity contribution is 7.90. The molecule has 2 aromatic heterocycles. The van der Waals surface area contributed by atoms with Gasteiger partial charge >= 0.3 is 0 Å². The van der Waals surface area contributed by atoms with Crippen molar-refractivity contribution in [1.82, 2.24) is 14.4 Å². The molecule has 0 spiro atoms. The fraction of sp³-hybridized carbons (Fsp3) is 0.455. The van der Waals surface area contributed by atoms with Gasteiger partial charge in [0.1, 0.15) is 23.7 Å². The lowest BCUT2D eigenvalue weighted by Crippen LogP contribution is -2.17. The highest BCUT2D eigenvalue weighted by Crippen LogP contribution is 2.34. The summed E-state index contributed by atoms with van der Waals surface area (Å²) >= 11 is 0. The first kappa shape index (κ1) is 20.4. The Labute approximate surface area is 180 Å². The number of sulfone groups is 1. The van der Waals surface area contributed by atoms with Crippen molar-refractivity contribution in [2.75, 3.05) is 26.1 Å². The number of halogens is 1. The Morgan fingerprint density at radius 2 is 1.97 bits per heavy atom. The fourth-order valence-corrected chi connectivity index (χ4v) is 5.45. The van der Waals surface area contributed by atoms with Crippen LogP contribution >= 0.6 is 0 Å². The molecule has 1 saturated heterocycles. The number of hydrogen-bond donors (Lipinski definition) is 0. The average Bonchev–Trinajstić information content (AvgIpc) is 3.41. The first-order valence-electron chi connectivity index (χ1n) is 10.5. The Morgan fingerprint density at radius 1 is 1.16 bits per heavy atom. The number of hydrogen-bond acceptors (Lipinski definition) is 6. The molecule has 7 nitrogen and oxygen atoms in total. The van der Waals surface area contributed by atoms with Gasteiger partial charge in [0.25, 0.3) is 0 Å². The van der Waals surface area contributed by atoms with Crippen LogP contribution in [0.25, 0.3) is 5.52 Å².